The lowest BCUT2D eigenvalue weighted by atomic mass is 10.2. The van der Waals surface area contributed by atoms with Gasteiger partial charge in [-0.3, -0.25) is 19.5 Å². The van der Waals surface area contributed by atoms with E-state index in [1.54, 1.807) is 12.1 Å². The summed E-state index contributed by atoms with van der Waals surface area (Å²) in [4.78, 5) is 35.7. The number of hydrogen-bond acceptors (Lipinski definition) is 5. The van der Waals surface area contributed by atoms with Crippen molar-refractivity contribution in [2.24, 2.45) is 4.99 Å². The summed E-state index contributed by atoms with van der Waals surface area (Å²) in [6.07, 6.45) is 3.73. The van der Waals surface area contributed by atoms with Crippen LogP contribution in [0.5, 0.6) is 0 Å². The van der Waals surface area contributed by atoms with Crippen LogP contribution in [0.25, 0.3) is 0 Å². The molecule has 3 rings (SSSR count). The molecule has 9 nitrogen and oxygen atoms in total. The molecule has 3 heterocycles. The number of hydrogen-bond donors (Lipinski definition) is 2. The van der Waals surface area contributed by atoms with Gasteiger partial charge in [0.1, 0.15) is 0 Å². The fourth-order valence-electron chi connectivity index (χ4n) is 3.93. The Hall–Kier alpha value is -1.82. The number of carbonyl (C=O) groups is 2. The van der Waals surface area contributed by atoms with Crippen molar-refractivity contribution < 1.29 is 14.0 Å². The highest BCUT2D eigenvalue weighted by Gasteiger charge is 2.30. The summed E-state index contributed by atoms with van der Waals surface area (Å²) < 4.78 is 5.09. The average molecular weight is 546 g/mol. The van der Waals surface area contributed by atoms with Crippen molar-refractivity contribution in [3.63, 3.8) is 0 Å². The average Bonchev–Trinajstić information content (AvgIpc) is 3.49. The second-order valence-corrected chi connectivity index (χ2v) is 7.70. The van der Waals surface area contributed by atoms with Gasteiger partial charge in [-0.1, -0.05) is 0 Å². The first-order valence-electron chi connectivity index (χ1n) is 11.0. The number of nitrogens with zero attached hydrogens (tertiary/aromatic N) is 4. The van der Waals surface area contributed by atoms with E-state index in [-0.39, 0.29) is 41.8 Å². The van der Waals surface area contributed by atoms with Gasteiger partial charge in [0.05, 0.1) is 18.8 Å². The van der Waals surface area contributed by atoms with Gasteiger partial charge in [-0.15, -0.1) is 24.0 Å². The van der Waals surface area contributed by atoms with E-state index in [0.29, 0.717) is 18.8 Å². The number of amides is 2. The van der Waals surface area contributed by atoms with Gasteiger partial charge in [0.2, 0.25) is 5.91 Å². The molecule has 10 heteroatoms. The summed E-state index contributed by atoms with van der Waals surface area (Å²) >= 11 is 0. The summed E-state index contributed by atoms with van der Waals surface area (Å²) in [7, 11) is 0. The van der Waals surface area contributed by atoms with Crippen LogP contribution in [0.3, 0.4) is 0 Å². The minimum Gasteiger partial charge on any atom is -0.459 e. The number of rotatable bonds is 7. The molecule has 0 aliphatic carbocycles. The third kappa shape index (κ3) is 7.09. The summed E-state index contributed by atoms with van der Waals surface area (Å²) in [5.74, 6) is 1.18. The summed E-state index contributed by atoms with van der Waals surface area (Å²) in [5.41, 5.74) is 0. The van der Waals surface area contributed by atoms with Gasteiger partial charge >= 0.3 is 0 Å². The maximum absolute atomic E-state index is 12.7. The Bertz CT molecular complexity index is 713. The molecule has 0 bridgehead atoms. The van der Waals surface area contributed by atoms with Gasteiger partial charge in [0, 0.05) is 52.4 Å². The zero-order chi connectivity index (χ0) is 21.3. The van der Waals surface area contributed by atoms with Crippen molar-refractivity contribution in [1.82, 2.24) is 25.3 Å². The van der Waals surface area contributed by atoms with Crippen molar-refractivity contribution in [2.75, 3.05) is 58.9 Å². The molecule has 1 atom stereocenters. The Morgan fingerprint density at radius 1 is 1.10 bits per heavy atom. The first-order chi connectivity index (χ1) is 14.6. The number of guanidine groups is 1. The second kappa shape index (κ2) is 12.9. The van der Waals surface area contributed by atoms with Crippen LogP contribution >= 0.6 is 24.0 Å². The third-order valence-corrected chi connectivity index (χ3v) is 5.68. The van der Waals surface area contributed by atoms with Crippen LogP contribution in [-0.4, -0.2) is 97.4 Å². The zero-order valence-electron chi connectivity index (χ0n) is 18.5. The summed E-state index contributed by atoms with van der Waals surface area (Å²) in [6, 6.07) is 3.26. The molecule has 2 saturated heterocycles. The number of piperazine rings is 1. The summed E-state index contributed by atoms with van der Waals surface area (Å²) in [5, 5.41) is 6.14. The lowest BCUT2D eigenvalue weighted by molar-refractivity contribution is -0.135. The first-order valence-corrected chi connectivity index (χ1v) is 11.0. The van der Waals surface area contributed by atoms with Crippen LogP contribution < -0.4 is 10.6 Å². The molecule has 2 aliphatic heterocycles. The van der Waals surface area contributed by atoms with E-state index >= 15 is 0 Å². The minimum atomic E-state index is -0.231. The molecule has 0 aromatic carbocycles. The maximum atomic E-state index is 12.7. The first kappa shape index (κ1) is 25.4. The monoisotopic (exact) mass is 546 g/mol. The smallest absolute Gasteiger partial charge is 0.287 e. The fourth-order valence-corrected chi connectivity index (χ4v) is 3.93. The third-order valence-electron chi connectivity index (χ3n) is 5.68. The Balaban J connectivity index is 0.00000341. The van der Waals surface area contributed by atoms with Crippen LogP contribution in [-0.2, 0) is 4.79 Å². The van der Waals surface area contributed by atoms with Crippen LogP contribution in [0.2, 0.25) is 0 Å². The van der Waals surface area contributed by atoms with Crippen LogP contribution in [0.1, 0.15) is 37.2 Å². The highest BCUT2D eigenvalue weighted by Crippen LogP contribution is 2.14. The molecular weight excluding hydrogens is 511 g/mol. The molecule has 2 fully saturated rings. The quantitative estimate of drug-likeness (QED) is 0.231. The van der Waals surface area contributed by atoms with Gasteiger partial charge < -0.3 is 24.9 Å². The van der Waals surface area contributed by atoms with Gasteiger partial charge in [0.15, 0.2) is 11.7 Å². The minimum absolute atomic E-state index is 0. The van der Waals surface area contributed by atoms with E-state index in [4.69, 9.17) is 4.42 Å². The Morgan fingerprint density at radius 3 is 2.42 bits per heavy atom. The fraction of sp³-hybridized carbons (Fsp3) is 0.667. The number of likely N-dealkylation sites (tertiary alicyclic amines) is 1. The molecule has 0 radical (unpaired) electrons. The van der Waals surface area contributed by atoms with Gasteiger partial charge in [-0.2, -0.15) is 0 Å². The Morgan fingerprint density at radius 2 is 1.81 bits per heavy atom. The van der Waals surface area contributed by atoms with Crippen LogP contribution in [0.4, 0.5) is 0 Å². The van der Waals surface area contributed by atoms with E-state index in [9.17, 15) is 9.59 Å². The molecule has 2 N–H and O–H groups in total. The lowest BCUT2D eigenvalue weighted by Gasteiger charge is -2.39. The highest BCUT2D eigenvalue weighted by atomic mass is 127. The SMILES string of the molecule is CCNC(=NCCNC(=O)c1ccco1)N1CCN(C(C)C(=O)N2CCCC2)CC1.I. The van der Waals surface area contributed by atoms with Gasteiger partial charge in [-0.05, 0) is 38.8 Å². The molecule has 1 aromatic heterocycles. The molecular formula is C21H35IN6O3. The summed E-state index contributed by atoms with van der Waals surface area (Å²) in [6.45, 7) is 10.9. The molecule has 2 aliphatic rings. The molecule has 174 valence electrons. The molecule has 0 spiro atoms. The van der Waals surface area contributed by atoms with E-state index < -0.39 is 0 Å². The second-order valence-electron chi connectivity index (χ2n) is 7.70. The van der Waals surface area contributed by atoms with E-state index in [0.717, 1.165) is 64.6 Å². The predicted molar refractivity (Wildman–Crippen MR) is 131 cm³/mol. The van der Waals surface area contributed by atoms with E-state index in [1.807, 2.05) is 18.7 Å². The van der Waals surface area contributed by atoms with Gasteiger partial charge in [-0.25, -0.2) is 0 Å². The number of carbonyl (C=O) groups excluding carboxylic acids is 2. The van der Waals surface area contributed by atoms with Crippen molar-refractivity contribution in [1.29, 1.82) is 0 Å². The molecule has 0 saturated carbocycles. The zero-order valence-corrected chi connectivity index (χ0v) is 20.8. The highest BCUT2D eigenvalue weighted by molar-refractivity contribution is 14.0. The van der Waals surface area contributed by atoms with Crippen LogP contribution in [0, 0.1) is 0 Å². The Labute approximate surface area is 201 Å². The molecule has 2 amide bonds. The number of nitrogens with one attached hydrogen (secondary N) is 2. The van der Waals surface area contributed by atoms with Crippen LogP contribution in [0.15, 0.2) is 27.8 Å². The van der Waals surface area contributed by atoms with Gasteiger partial charge in [0.25, 0.3) is 5.91 Å². The molecule has 31 heavy (non-hydrogen) atoms. The number of furan rings is 1. The van der Waals surface area contributed by atoms with E-state index in [2.05, 4.69) is 25.4 Å². The number of halogens is 1. The Kier molecular flexibility index (Phi) is 10.6. The largest absolute Gasteiger partial charge is 0.459 e. The van der Waals surface area contributed by atoms with E-state index in [1.165, 1.54) is 6.26 Å². The molecule has 1 aromatic rings. The predicted octanol–water partition coefficient (Wildman–Crippen LogP) is 1.22. The topological polar surface area (TPSA) is 93.4 Å². The van der Waals surface area contributed by atoms with Crippen molar-refractivity contribution >= 4 is 41.8 Å². The van der Waals surface area contributed by atoms with Crippen molar-refractivity contribution in [2.45, 2.75) is 32.7 Å². The normalized spacial score (nSPS) is 18.5. The number of aliphatic imine (C=N–C) groups is 1. The standard InChI is InChI=1S/C21H34N6O3.HI/c1-3-22-21(24-9-8-23-19(28)18-7-6-16-30-18)27-14-12-25(13-15-27)17(2)20(29)26-10-4-5-11-26;/h6-7,16-17H,3-5,8-15H2,1-2H3,(H,22,24)(H,23,28);1H. The molecule has 1 unspecified atom stereocenters. The maximum Gasteiger partial charge on any atom is 0.287 e. The lowest BCUT2D eigenvalue weighted by Crippen LogP contribution is -2.57. The van der Waals surface area contributed by atoms with Crippen molar-refractivity contribution in [3.05, 3.63) is 24.2 Å². The van der Waals surface area contributed by atoms with Crippen molar-refractivity contribution in [3.8, 4) is 0 Å².